The molecule has 20 heavy (non-hydrogen) atoms. The first-order valence-electron chi connectivity index (χ1n) is 7.36. The molecule has 0 spiro atoms. The highest BCUT2D eigenvalue weighted by Gasteiger charge is 2.34. The van der Waals surface area contributed by atoms with Gasteiger partial charge >= 0.3 is 6.03 Å². The van der Waals surface area contributed by atoms with E-state index in [4.69, 9.17) is 0 Å². The summed E-state index contributed by atoms with van der Waals surface area (Å²) in [5, 5.41) is 0. The molecule has 2 rings (SSSR count). The summed E-state index contributed by atoms with van der Waals surface area (Å²) in [4.78, 5) is 18.2. The molecule has 2 fully saturated rings. The standard InChI is InChI=1S/C13H25N3O3S/c1-3-15-8-9-16(13(15)17)12-4-6-14(7-5-12)10-11-20(2,18)19/h12H,3-11H2,1-2H3. The van der Waals surface area contributed by atoms with Crippen LogP contribution >= 0.6 is 0 Å². The van der Waals surface area contributed by atoms with Crippen LogP contribution in [0.3, 0.4) is 0 Å². The lowest BCUT2D eigenvalue weighted by atomic mass is 10.0. The number of rotatable bonds is 5. The van der Waals surface area contributed by atoms with Crippen LogP contribution < -0.4 is 0 Å². The third-order valence-electron chi connectivity index (χ3n) is 4.28. The van der Waals surface area contributed by atoms with Gasteiger partial charge in [0.2, 0.25) is 0 Å². The Morgan fingerprint density at radius 1 is 1.15 bits per heavy atom. The second-order valence-corrected chi connectivity index (χ2v) is 8.02. The molecule has 2 saturated heterocycles. The normalized spacial score (nSPS) is 22.8. The molecule has 0 unspecified atom stereocenters. The van der Waals surface area contributed by atoms with Crippen molar-refractivity contribution < 1.29 is 13.2 Å². The molecule has 2 heterocycles. The highest BCUT2D eigenvalue weighted by molar-refractivity contribution is 7.90. The Kier molecular flexibility index (Phi) is 4.90. The molecular weight excluding hydrogens is 278 g/mol. The first-order chi connectivity index (χ1) is 9.40. The topological polar surface area (TPSA) is 60.9 Å². The molecule has 6 nitrogen and oxygen atoms in total. The molecular formula is C13H25N3O3S. The van der Waals surface area contributed by atoms with Gasteiger partial charge in [-0.15, -0.1) is 0 Å². The number of sulfone groups is 1. The van der Waals surface area contributed by atoms with Crippen LogP contribution in [0.1, 0.15) is 19.8 Å². The van der Waals surface area contributed by atoms with Crippen LogP contribution in [-0.4, -0.2) is 86.5 Å². The van der Waals surface area contributed by atoms with Crippen LogP contribution in [0.15, 0.2) is 0 Å². The van der Waals surface area contributed by atoms with Crippen LogP contribution in [0.4, 0.5) is 4.79 Å². The Hall–Kier alpha value is -0.820. The van der Waals surface area contributed by atoms with E-state index in [1.54, 1.807) is 0 Å². The molecule has 116 valence electrons. The van der Waals surface area contributed by atoms with Crippen molar-refractivity contribution in [3.05, 3.63) is 0 Å². The molecule has 0 radical (unpaired) electrons. The molecule has 0 bridgehead atoms. The minimum Gasteiger partial charge on any atom is -0.323 e. The summed E-state index contributed by atoms with van der Waals surface area (Å²) in [6.45, 7) is 6.84. The van der Waals surface area contributed by atoms with Gasteiger partial charge in [0.1, 0.15) is 9.84 Å². The van der Waals surface area contributed by atoms with Crippen molar-refractivity contribution in [1.29, 1.82) is 0 Å². The van der Waals surface area contributed by atoms with E-state index in [1.807, 2.05) is 16.7 Å². The SMILES string of the molecule is CCN1CCN(C2CCN(CCS(C)(=O)=O)CC2)C1=O. The number of carbonyl (C=O) groups is 1. The summed E-state index contributed by atoms with van der Waals surface area (Å²) in [6.07, 6.45) is 3.18. The van der Waals surface area contributed by atoms with Crippen LogP contribution in [0.25, 0.3) is 0 Å². The van der Waals surface area contributed by atoms with Gasteiger partial charge in [0.05, 0.1) is 5.75 Å². The lowest BCUT2D eigenvalue weighted by Crippen LogP contribution is -2.47. The van der Waals surface area contributed by atoms with Gasteiger partial charge in [0.25, 0.3) is 0 Å². The Labute approximate surface area is 121 Å². The van der Waals surface area contributed by atoms with E-state index < -0.39 is 9.84 Å². The van der Waals surface area contributed by atoms with Crippen molar-refractivity contribution >= 4 is 15.9 Å². The second-order valence-electron chi connectivity index (χ2n) is 5.76. The summed E-state index contributed by atoms with van der Waals surface area (Å²) < 4.78 is 22.3. The van der Waals surface area contributed by atoms with E-state index in [9.17, 15) is 13.2 Å². The van der Waals surface area contributed by atoms with E-state index in [0.29, 0.717) is 12.6 Å². The van der Waals surface area contributed by atoms with Crippen LogP contribution in [-0.2, 0) is 9.84 Å². The fourth-order valence-electron chi connectivity index (χ4n) is 2.98. The molecule has 0 atom stereocenters. The minimum absolute atomic E-state index is 0.169. The van der Waals surface area contributed by atoms with Crippen molar-refractivity contribution in [2.45, 2.75) is 25.8 Å². The third-order valence-corrected chi connectivity index (χ3v) is 5.21. The predicted molar refractivity (Wildman–Crippen MR) is 78.5 cm³/mol. The van der Waals surface area contributed by atoms with Crippen molar-refractivity contribution in [3.63, 3.8) is 0 Å². The number of hydrogen-bond acceptors (Lipinski definition) is 4. The maximum atomic E-state index is 12.1. The Bertz CT molecular complexity index is 444. The van der Waals surface area contributed by atoms with E-state index in [-0.39, 0.29) is 11.8 Å². The largest absolute Gasteiger partial charge is 0.323 e. The van der Waals surface area contributed by atoms with Gasteiger partial charge < -0.3 is 14.7 Å². The van der Waals surface area contributed by atoms with Crippen molar-refractivity contribution in [1.82, 2.24) is 14.7 Å². The zero-order valence-electron chi connectivity index (χ0n) is 12.4. The number of urea groups is 1. The zero-order chi connectivity index (χ0) is 14.8. The number of piperidine rings is 1. The molecule has 7 heteroatoms. The zero-order valence-corrected chi connectivity index (χ0v) is 13.2. The van der Waals surface area contributed by atoms with Crippen LogP contribution in [0, 0.1) is 0 Å². The minimum atomic E-state index is -2.88. The summed E-state index contributed by atoms with van der Waals surface area (Å²) in [5.41, 5.74) is 0. The number of amides is 2. The third kappa shape index (κ3) is 3.85. The molecule has 2 amide bonds. The quantitative estimate of drug-likeness (QED) is 0.730. The number of carbonyl (C=O) groups excluding carboxylic acids is 1. The van der Waals surface area contributed by atoms with Gasteiger partial charge in [-0.3, -0.25) is 0 Å². The molecule has 2 aliphatic rings. The summed E-state index contributed by atoms with van der Waals surface area (Å²) in [7, 11) is -2.88. The van der Waals surface area contributed by atoms with Crippen molar-refractivity contribution in [2.24, 2.45) is 0 Å². The van der Waals surface area contributed by atoms with Gasteiger partial charge in [0, 0.05) is 51.6 Å². The summed E-state index contributed by atoms with van der Waals surface area (Å²) >= 11 is 0. The highest BCUT2D eigenvalue weighted by Crippen LogP contribution is 2.21. The first kappa shape index (κ1) is 15.6. The lowest BCUT2D eigenvalue weighted by Gasteiger charge is -2.36. The first-order valence-corrected chi connectivity index (χ1v) is 9.42. The van der Waals surface area contributed by atoms with Crippen LogP contribution in [0.5, 0.6) is 0 Å². The summed E-state index contributed by atoms with van der Waals surface area (Å²) in [6, 6.07) is 0.496. The summed E-state index contributed by atoms with van der Waals surface area (Å²) in [5.74, 6) is 0.226. The smallest absolute Gasteiger partial charge is 0.320 e. The number of likely N-dealkylation sites (tertiary alicyclic amines) is 1. The Balaban J connectivity index is 1.79. The molecule has 0 aromatic carbocycles. The fraction of sp³-hybridized carbons (Fsp3) is 0.923. The average Bonchev–Trinajstić information content (AvgIpc) is 2.77. The van der Waals surface area contributed by atoms with E-state index in [0.717, 1.165) is 45.6 Å². The Morgan fingerprint density at radius 2 is 1.80 bits per heavy atom. The molecule has 2 aliphatic heterocycles. The van der Waals surface area contributed by atoms with Gasteiger partial charge in [-0.2, -0.15) is 0 Å². The molecule has 0 aliphatic carbocycles. The second kappa shape index (κ2) is 6.30. The molecule has 0 aromatic heterocycles. The molecule has 0 saturated carbocycles. The maximum absolute atomic E-state index is 12.1. The number of likely N-dealkylation sites (N-methyl/N-ethyl adjacent to an activating group) is 1. The lowest BCUT2D eigenvalue weighted by molar-refractivity contribution is 0.133. The average molecular weight is 303 g/mol. The van der Waals surface area contributed by atoms with Gasteiger partial charge in [-0.1, -0.05) is 0 Å². The fourth-order valence-corrected chi connectivity index (χ4v) is 3.57. The maximum Gasteiger partial charge on any atom is 0.320 e. The Morgan fingerprint density at radius 3 is 2.30 bits per heavy atom. The highest BCUT2D eigenvalue weighted by atomic mass is 32.2. The molecule has 0 aromatic rings. The van der Waals surface area contributed by atoms with Gasteiger partial charge in [0.15, 0.2) is 0 Å². The van der Waals surface area contributed by atoms with Crippen molar-refractivity contribution in [2.75, 3.05) is 51.3 Å². The monoisotopic (exact) mass is 303 g/mol. The predicted octanol–water partition coefficient (Wildman–Crippen LogP) is 0.253. The van der Waals surface area contributed by atoms with Gasteiger partial charge in [-0.05, 0) is 19.8 Å². The van der Waals surface area contributed by atoms with Gasteiger partial charge in [-0.25, -0.2) is 13.2 Å². The number of nitrogens with zero attached hydrogens (tertiary/aromatic N) is 3. The van der Waals surface area contributed by atoms with E-state index in [1.165, 1.54) is 6.26 Å². The molecule has 0 N–H and O–H groups in total. The van der Waals surface area contributed by atoms with E-state index >= 15 is 0 Å². The van der Waals surface area contributed by atoms with Crippen LogP contribution in [0.2, 0.25) is 0 Å². The number of hydrogen-bond donors (Lipinski definition) is 0. The van der Waals surface area contributed by atoms with E-state index in [2.05, 4.69) is 4.90 Å². The van der Waals surface area contributed by atoms with Crippen molar-refractivity contribution in [3.8, 4) is 0 Å².